The largest absolute Gasteiger partial charge is 0.481 e. The van der Waals surface area contributed by atoms with Crippen LogP contribution in [0.15, 0.2) is 13.2 Å². The van der Waals surface area contributed by atoms with Crippen LogP contribution in [0.1, 0.15) is 12.8 Å². The lowest BCUT2D eigenvalue weighted by Crippen LogP contribution is -2.31. The molecule has 0 aromatic rings. The summed E-state index contributed by atoms with van der Waals surface area (Å²) in [5, 5.41) is 27.8. The van der Waals surface area contributed by atoms with Gasteiger partial charge in [0.1, 0.15) is 0 Å². The molecule has 0 aliphatic rings. The predicted octanol–water partition coefficient (Wildman–Crippen LogP) is -1.27. The van der Waals surface area contributed by atoms with Crippen LogP contribution >= 0.6 is 0 Å². The van der Waals surface area contributed by atoms with E-state index in [2.05, 4.69) is 13.2 Å². The maximum absolute atomic E-state index is 10.2. The first-order chi connectivity index (χ1) is 11.5. The molecule has 0 spiro atoms. The van der Waals surface area contributed by atoms with Crippen molar-refractivity contribution in [2.75, 3.05) is 0 Å². The topological polar surface area (TPSA) is 328 Å². The van der Waals surface area contributed by atoms with Crippen LogP contribution in [0.2, 0.25) is 0 Å². The summed E-state index contributed by atoms with van der Waals surface area (Å²) in [6, 6.07) is 0. The highest BCUT2D eigenvalue weighted by molar-refractivity contribution is 7.87. The van der Waals surface area contributed by atoms with Crippen molar-refractivity contribution >= 4 is 44.1 Å². The van der Waals surface area contributed by atoms with Crippen molar-refractivity contribution in [2.24, 2.45) is 0 Å². The van der Waals surface area contributed by atoms with Crippen LogP contribution in [0.5, 0.6) is 0 Å². The fraction of sp³-hybridized carbons (Fsp3) is 0.400. The Labute approximate surface area is 159 Å². The molecule has 0 aliphatic carbocycles. The zero-order chi connectivity index (χ0) is 21.9. The van der Waals surface area contributed by atoms with Crippen LogP contribution in [0.4, 0.5) is 0 Å². The van der Waals surface area contributed by atoms with Gasteiger partial charge in [-0.3, -0.25) is 28.3 Å². The van der Waals surface area contributed by atoms with E-state index in [9.17, 15) is 36.0 Å². The van der Waals surface area contributed by atoms with Gasteiger partial charge in [0, 0.05) is 0 Å². The van der Waals surface area contributed by atoms with Gasteiger partial charge in [0.25, 0.3) is 20.2 Å². The molecule has 168 valence electrons. The quantitative estimate of drug-likeness (QED) is 0.155. The van der Waals surface area contributed by atoms with E-state index in [1.807, 2.05) is 0 Å². The second kappa shape index (κ2) is 15.4. The molecular formula is C10H22N2O14S2. The molecule has 16 nitrogen and oxygen atoms in total. The average Bonchev–Trinajstić information content (AvgIpc) is 2.42. The lowest BCUT2D eigenvalue weighted by Gasteiger charge is -2.04. The van der Waals surface area contributed by atoms with Gasteiger partial charge in [0.15, 0.2) is 10.5 Å². The Morgan fingerprint density at radius 1 is 0.643 bits per heavy atom. The Morgan fingerprint density at radius 2 is 0.821 bits per heavy atom. The molecule has 0 bridgehead atoms. The summed E-state index contributed by atoms with van der Waals surface area (Å²) in [4.78, 5) is 40.0. The van der Waals surface area contributed by atoms with Crippen molar-refractivity contribution in [1.29, 1.82) is 0 Å². The zero-order valence-corrected chi connectivity index (χ0v) is 15.8. The van der Waals surface area contributed by atoms with Crippen LogP contribution < -0.4 is 12.3 Å². The molecule has 2 unspecified atom stereocenters. The summed E-state index contributed by atoms with van der Waals surface area (Å²) in [6.45, 7) is 6.00. The highest BCUT2D eigenvalue weighted by atomic mass is 32.2. The van der Waals surface area contributed by atoms with E-state index >= 15 is 0 Å². The summed E-state index contributed by atoms with van der Waals surface area (Å²) < 4.78 is 57.3. The predicted molar refractivity (Wildman–Crippen MR) is 91.7 cm³/mol. The highest BCUT2D eigenvalue weighted by Gasteiger charge is 2.33. The van der Waals surface area contributed by atoms with E-state index < -0.39 is 67.5 Å². The van der Waals surface area contributed by atoms with Gasteiger partial charge in [-0.2, -0.15) is 16.8 Å². The molecule has 0 aromatic heterocycles. The van der Waals surface area contributed by atoms with Crippen LogP contribution in [-0.4, -0.2) is 80.7 Å². The SMILES string of the molecule is C=C.N.N.O=C(O)CC(C(=O)O)S(=O)(=O)O.O=C(O)CC(C(=O)O)S(=O)(=O)O. The second-order valence-electron chi connectivity index (χ2n) is 3.88. The van der Waals surface area contributed by atoms with E-state index in [-0.39, 0.29) is 12.3 Å². The van der Waals surface area contributed by atoms with Crippen molar-refractivity contribution in [3.05, 3.63) is 13.2 Å². The van der Waals surface area contributed by atoms with Crippen LogP contribution in [0.25, 0.3) is 0 Å². The first kappa shape index (κ1) is 36.3. The van der Waals surface area contributed by atoms with Crippen LogP contribution in [-0.2, 0) is 39.4 Å². The lowest BCUT2D eigenvalue weighted by molar-refractivity contribution is -0.143. The van der Waals surface area contributed by atoms with Gasteiger partial charge >= 0.3 is 23.9 Å². The van der Waals surface area contributed by atoms with Crippen molar-refractivity contribution in [3.63, 3.8) is 0 Å². The molecule has 0 radical (unpaired) electrons. The summed E-state index contributed by atoms with van der Waals surface area (Å²) in [5.41, 5.74) is 0. The van der Waals surface area contributed by atoms with Gasteiger partial charge < -0.3 is 32.7 Å². The highest BCUT2D eigenvalue weighted by Crippen LogP contribution is 2.04. The van der Waals surface area contributed by atoms with E-state index in [4.69, 9.17) is 29.5 Å². The summed E-state index contributed by atoms with van der Waals surface area (Å²) in [5.74, 6) is -7.00. The van der Waals surface area contributed by atoms with E-state index in [1.165, 1.54) is 0 Å². The minimum Gasteiger partial charge on any atom is -0.481 e. The third-order valence-electron chi connectivity index (χ3n) is 1.99. The fourth-order valence-electron chi connectivity index (χ4n) is 0.957. The minimum atomic E-state index is -4.84. The normalized spacial score (nSPS) is 11.9. The molecule has 0 rings (SSSR count). The Morgan fingerprint density at radius 3 is 0.857 bits per heavy atom. The maximum atomic E-state index is 10.2. The Balaban J connectivity index is -0.000000108. The van der Waals surface area contributed by atoms with Gasteiger partial charge in [-0.05, 0) is 0 Å². The number of carbonyl (C=O) groups is 4. The molecule has 0 saturated heterocycles. The Bertz CT molecular complexity index is 667. The molecule has 18 heteroatoms. The standard InChI is InChI=1S/2C4H6O7S.C2H4.2H3N/c2*5-3(6)1-2(4(7)8)12(9,10)11;1-2;;/h2*2H,1H2,(H,5,6)(H,7,8)(H,9,10,11);1-2H2;2*1H3. The van der Waals surface area contributed by atoms with E-state index in [0.29, 0.717) is 0 Å². The first-order valence-electron chi connectivity index (χ1n) is 5.82. The summed E-state index contributed by atoms with van der Waals surface area (Å²) in [7, 11) is -9.68. The summed E-state index contributed by atoms with van der Waals surface area (Å²) in [6.07, 6.45) is -2.32. The number of aliphatic carboxylic acids is 4. The van der Waals surface area contributed by atoms with Crippen molar-refractivity contribution in [1.82, 2.24) is 12.3 Å². The number of carboxylic acid groups (broad SMARTS) is 4. The number of carboxylic acids is 4. The second-order valence-corrected chi connectivity index (χ2v) is 7.08. The minimum absolute atomic E-state index is 0. The third-order valence-corrected chi connectivity index (χ3v) is 4.16. The maximum Gasteiger partial charge on any atom is 0.325 e. The zero-order valence-electron chi connectivity index (χ0n) is 14.2. The van der Waals surface area contributed by atoms with Crippen molar-refractivity contribution < 1.29 is 65.5 Å². The van der Waals surface area contributed by atoms with Gasteiger partial charge in [0.05, 0.1) is 12.8 Å². The van der Waals surface area contributed by atoms with Crippen LogP contribution in [0.3, 0.4) is 0 Å². The Kier molecular flexibility index (Phi) is 20.0. The molecule has 2 atom stereocenters. The van der Waals surface area contributed by atoms with Gasteiger partial charge in [-0.25, -0.2) is 0 Å². The number of hydrogen-bond acceptors (Lipinski definition) is 10. The van der Waals surface area contributed by atoms with Crippen molar-refractivity contribution in [3.8, 4) is 0 Å². The molecule has 28 heavy (non-hydrogen) atoms. The molecule has 0 fully saturated rings. The van der Waals surface area contributed by atoms with Gasteiger partial charge in [-0.15, -0.1) is 13.2 Å². The summed E-state index contributed by atoms with van der Waals surface area (Å²) >= 11 is 0. The molecule has 12 N–H and O–H groups in total. The molecule has 0 heterocycles. The average molecular weight is 458 g/mol. The monoisotopic (exact) mass is 458 g/mol. The third kappa shape index (κ3) is 18.2. The van der Waals surface area contributed by atoms with Gasteiger partial charge in [-0.1, -0.05) is 0 Å². The smallest absolute Gasteiger partial charge is 0.325 e. The van der Waals surface area contributed by atoms with Crippen molar-refractivity contribution in [2.45, 2.75) is 23.3 Å². The lowest BCUT2D eigenvalue weighted by atomic mass is 10.3. The first-order valence-corrected chi connectivity index (χ1v) is 8.82. The van der Waals surface area contributed by atoms with Gasteiger partial charge in [0.2, 0.25) is 0 Å². The molecule has 0 amide bonds. The molecule has 0 aliphatic heterocycles. The molecular weight excluding hydrogens is 436 g/mol. The van der Waals surface area contributed by atoms with E-state index in [1.54, 1.807) is 0 Å². The van der Waals surface area contributed by atoms with E-state index in [0.717, 1.165) is 0 Å². The number of rotatable bonds is 8. The number of hydrogen-bond donors (Lipinski definition) is 8. The molecule has 0 saturated carbocycles. The van der Waals surface area contributed by atoms with Crippen LogP contribution in [0, 0.1) is 0 Å². The fourth-order valence-corrected chi connectivity index (χ4v) is 2.17. The Hall–Kier alpha value is -2.64. The molecule has 0 aromatic carbocycles.